The maximum atomic E-state index is 12.6. The van der Waals surface area contributed by atoms with Gasteiger partial charge in [0.15, 0.2) is 0 Å². The van der Waals surface area contributed by atoms with Crippen molar-refractivity contribution in [2.45, 2.75) is 39.3 Å². The molecule has 0 unspecified atom stereocenters. The summed E-state index contributed by atoms with van der Waals surface area (Å²) in [6.07, 6.45) is 1.93. The van der Waals surface area contributed by atoms with Crippen molar-refractivity contribution in [3.63, 3.8) is 0 Å². The van der Waals surface area contributed by atoms with Gasteiger partial charge < -0.3 is 25.6 Å². The summed E-state index contributed by atoms with van der Waals surface area (Å²) in [6, 6.07) is 13.9. The zero-order chi connectivity index (χ0) is 26.9. The Hall–Kier alpha value is -3.89. The van der Waals surface area contributed by atoms with E-state index in [2.05, 4.69) is 25.9 Å². The average Bonchev–Trinajstić information content (AvgIpc) is 3.24. The van der Waals surface area contributed by atoms with E-state index in [0.29, 0.717) is 41.7 Å². The van der Waals surface area contributed by atoms with Gasteiger partial charge in [-0.1, -0.05) is 11.6 Å². The number of fused-ring (bicyclic) bond motifs is 3. The summed E-state index contributed by atoms with van der Waals surface area (Å²) >= 11 is 7.46. The second-order valence-electron chi connectivity index (χ2n) is 9.85. The molecule has 0 saturated carbocycles. The Morgan fingerprint density at radius 1 is 0.974 bits per heavy atom. The minimum Gasteiger partial charge on any atom is -0.444 e. The summed E-state index contributed by atoms with van der Waals surface area (Å²) < 4.78 is 5.55. The number of hydrogen-bond donors (Lipinski definition) is 3. The maximum Gasteiger partial charge on any atom is 0.410 e. The summed E-state index contributed by atoms with van der Waals surface area (Å²) in [7, 11) is 0. The predicted molar refractivity (Wildman–Crippen MR) is 152 cm³/mol. The van der Waals surface area contributed by atoms with Crippen LogP contribution in [0.2, 0.25) is 5.02 Å². The molecule has 4 aromatic rings. The lowest BCUT2D eigenvalue weighted by atomic mass is 10.1. The summed E-state index contributed by atoms with van der Waals surface area (Å²) in [5, 5.41) is 10.5. The molecule has 0 aliphatic carbocycles. The summed E-state index contributed by atoms with van der Waals surface area (Å²) in [6.45, 7) is 6.66. The maximum absolute atomic E-state index is 12.6. The van der Waals surface area contributed by atoms with Crippen molar-refractivity contribution < 1.29 is 14.3 Å². The van der Waals surface area contributed by atoms with E-state index >= 15 is 0 Å². The molecule has 3 heterocycles. The molecule has 0 saturated heterocycles. The fraction of sp³-hybridized carbons (Fsp3) is 0.259. The van der Waals surface area contributed by atoms with Crippen LogP contribution in [0.25, 0.3) is 10.2 Å². The minimum absolute atomic E-state index is 0.305. The van der Waals surface area contributed by atoms with Crippen molar-refractivity contribution in [3.8, 4) is 0 Å². The zero-order valence-corrected chi connectivity index (χ0v) is 22.7. The van der Waals surface area contributed by atoms with E-state index in [9.17, 15) is 9.59 Å². The smallest absolute Gasteiger partial charge is 0.410 e. The summed E-state index contributed by atoms with van der Waals surface area (Å²) in [5.74, 6) is 0.708. The third-order valence-corrected chi connectivity index (χ3v) is 7.17. The topological polar surface area (TPSA) is 108 Å². The highest BCUT2D eigenvalue weighted by molar-refractivity contribution is 7.19. The molecule has 0 atom stereocenters. The number of carbonyl (C=O) groups excluding carboxylic acids is 2. The number of amides is 3. The zero-order valence-electron chi connectivity index (χ0n) is 21.2. The molecule has 1 aliphatic rings. The number of nitrogens with zero attached hydrogens (tertiary/aromatic N) is 3. The van der Waals surface area contributed by atoms with E-state index in [-0.39, 0.29) is 12.1 Å². The number of urea groups is 1. The second-order valence-corrected chi connectivity index (χ2v) is 11.4. The lowest BCUT2D eigenvalue weighted by molar-refractivity contribution is 0.0227. The van der Waals surface area contributed by atoms with E-state index in [4.69, 9.17) is 16.3 Å². The minimum atomic E-state index is -0.536. The van der Waals surface area contributed by atoms with Crippen LogP contribution in [-0.2, 0) is 17.7 Å². The predicted octanol–water partition coefficient (Wildman–Crippen LogP) is 7.03. The molecule has 9 nitrogen and oxygen atoms in total. The van der Waals surface area contributed by atoms with Gasteiger partial charge in [0, 0.05) is 33.5 Å². The van der Waals surface area contributed by atoms with Gasteiger partial charge in [0.2, 0.25) is 0 Å². The first kappa shape index (κ1) is 25.7. The number of halogens is 1. The Morgan fingerprint density at radius 3 is 2.26 bits per heavy atom. The molecule has 0 radical (unpaired) electrons. The van der Waals surface area contributed by atoms with Crippen molar-refractivity contribution >= 4 is 68.2 Å². The third kappa shape index (κ3) is 5.98. The molecule has 38 heavy (non-hydrogen) atoms. The Morgan fingerprint density at radius 2 is 1.61 bits per heavy atom. The molecule has 2 aromatic heterocycles. The van der Waals surface area contributed by atoms with Crippen molar-refractivity contribution in [3.05, 3.63) is 70.3 Å². The first-order valence-electron chi connectivity index (χ1n) is 12.1. The largest absolute Gasteiger partial charge is 0.444 e. The van der Waals surface area contributed by atoms with Crippen molar-refractivity contribution in [2.75, 3.05) is 22.5 Å². The van der Waals surface area contributed by atoms with Crippen LogP contribution >= 0.6 is 22.9 Å². The Bertz CT molecular complexity index is 1480. The van der Waals surface area contributed by atoms with Crippen molar-refractivity contribution in [1.82, 2.24) is 14.9 Å². The van der Waals surface area contributed by atoms with Crippen LogP contribution in [0.15, 0.2) is 54.9 Å². The normalized spacial score (nSPS) is 13.1. The number of rotatable bonds is 4. The molecular weight excluding hydrogens is 524 g/mol. The third-order valence-electron chi connectivity index (χ3n) is 5.80. The van der Waals surface area contributed by atoms with Crippen molar-refractivity contribution in [2.24, 2.45) is 0 Å². The van der Waals surface area contributed by atoms with Crippen LogP contribution < -0.4 is 16.0 Å². The van der Waals surface area contributed by atoms with Gasteiger partial charge in [-0.05, 0) is 81.3 Å². The van der Waals surface area contributed by atoms with E-state index in [1.54, 1.807) is 40.5 Å². The fourth-order valence-corrected chi connectivity index (χ4v) is 5.43. The fourth-order valence-electron chi connectivity index (χ4n) is 4.11. The number of carbonyl (C=O) groups is 2. The van der Waals surface area contributed by atoms with Crippen LogP contribution in [0.4, 0.5) is 32.5 Å². The van der Waals surface area contributed by atoms with Crippen LogP contribution in [-0.4, -0.2) is 39.1 Å². The molecule has 0 fully saturated rings. The van der Waals surface area contributed by atoms with Gasteiger partial charge in [-0.15, -0.1) is 11.3 Å². The summed E-state index contributed by atoms with van der Waals surface area (Å²) in [5.41, 5.74) is 2.73. The van der Waals surface area contributed by atoms with Crippen LogP contribution in [0.3, 0.4) is 0 Å². The van der Waals surface area contributed by atoms with Crippen LogP contribution in [0, 0.1) is 0 Å². The van der Waals surface area contributed by atoms with E-state index in [1.165, 1.54) is 6.33 Å². The van der Waals surface area contributed by atoms with Gasteiger partial charge in [0.1, 0.15) is 22.6 Å². The van der Waals surface area contributed by atoms with Gasteiger partial charge in [-0.2, -0.15) is 0 Å². The van der Waals surface area contributed by atoms with Gasteiger partial charge >= 0.3 is 12.1 Å². The Kier molecular flexibility index (Phi) is 7.09. The number of ether oxygens (including phenoxy) is 1. The van der Waals surface area contributed by atoms with Gasteiger partial charge in [-0.25, -0.2) is 19.6 Å². The SMILES string of the molecule is CC(C)(C)OC(=O)N1CCc2c(sc3ncnc(Nc4ccc(NC(=O)Nc5ccc(Cl)cc5)cc4)c23)C1. The van der Waals surface area contributed by atoms with Crippen molar-refractivity contribution in [1.29, 1.82) is 0 Å². The van der Waals surface area contributed by atoms with E-state index < -0.39 is 5.60 Å². The molecule has 0 spiro atoms. The standard InChI is InChI=1S/C27H27ClN6O3S/c1-27(2,3)37-26(36)34-13-12-20-21(14-34)38-24-22(20)23(29-15-30-24)31-17-8-10-19(11-9-17)33-25(35)32-18-6-4-16(28)5-7-18/h4-11,15H,12-14H2,1-3H3,(H,29,30,31)(H2,32,33,35). The number of aromatic nitrogens is 2. The van der Waals surface area contributed by atoms with E-state index in [0.717, 1.165) is 26.3 Å². The lowest BCUT2D eigenvalue weighted by Crippen LogP contribution is -2.39. The van der Waals surface area contributed by atoms with Gasteiger partial charge in [0.25, 0.3) is 0 Å². The molecule has 5 rings (SSSR count). The molecule has 196 valence electrons. The first-order valence-corrected chi connectivity index (χ1v) is 13.3. The Balaban J connectivity index is 1.27. The number of nitrogens with one attached hydrogen (secondary N) is 3. The quantitative estimate of drug-likeness (QED) is 0.252. The highest BCUT2D eigenvalue weighted by Gasteiger charge is 2.29. The molecule has 2 aromatic carbocycles. The Labute approximate surface area is 229 Å². The average molecular weight is 551 g/mol. The molecule has 11 heteroatoms. The van der Waals surface area contributed by atoms with Crippen LogP contribution in [0.1, 0.15) is 31.2 Å². The van der Waals surface area contributed by atoms with Gasteiger partial charge in [0.05, 0.1) is 11.9 Å². The highest BCUT2D eigenvalue weighted by Crippen LogP contribution is 2.38. The molecule has 1 aliphatic heterocycles. The number of anilines is 4. The molecule has 0 bridgehead atoms. The molecule has 3 N–H and O–H groups in total. The number of thiophene rings is 1. The molecular formula is C27H27ClN6O3S. The highest BCUT2D eigenvalue weighted by atomic mass is 35.5. The monoisotopic (exact) mass is 550 g/mol. The first-order chi connectivity index (χ1) is 18.1. The van der Waals surface area contributed by atoms with E-state index in [1.807, 2.05) is 45.0 Å². The number of benzene rings is 2. The van der Waals surface area contributed by atoms with Crippen LogP contribution in [0.5, 0.6) is 0 Å². The number of hydrogen-bond acceptors (Lipinski definition) is 7. The molecule has 3 amide bonds. The second kappa shape index (κ2) is 10.5. The summed E-state index contributed by atoms with van der Waals surface area (Å²) in [4.78, 5) is 37.6. The lowest BCUT2D eigenvalue weighted by Gasteiger charge is -2.30. The van der Waals surface area contributed by atoms with Gasteiger partial charge in [-0.3, -0.25) is 0 Å².